The Bertz CT molecular complexity index is 388. The van der Waals surface area contributed by atoms with Gasteiger partial charge in [0, 0.05) is 11.5 Å². The summed E-state index contributed by atoms with van der Waals surface area (Å²) in [6.07, 6.45) is 3.76. The summed E-state index contributed by atoms with van der Waals surface area (Å²) in [6, 6.07) is 5.92. The average Bonchev–Trinajstić information content (AvgIpc) is 2.39. The summed E-state index contributed by atoms with van der Waals surface area (Å²) >= 11 is 0. The highest BCUT2D eigenvalue weighted by Crippen LogP contribution is 2.21. The minimum absolute atomic E-state index is 0.0156. The maximum atomic E-state index is 12.2. The van der Waals surface area contributed by atoms with Crippen molar-refractivity contribution in [2.75, 3.05) is 0 Å². The standard InChI is InChI=1S/C15H20F2O2/c1-3-5-6-11(4-2)14(18)12-7-9-13(10-8-12)19-15(16)17/h7-11,15H,3-6H2,1-2H3. The number of hydrogen-bond acceptors (Lipinski definition) is 2. The van der Waals surface area contributed by atoms with Gasteiger partial charge in [-0.25, -0.2) is 0 Å². The molecule has 2 nitrogen and oxygen atoms in total. The number of hydrogen-bond donors (Lipinski definition) is 0. The third kappa shape index (κ3) is 4.97. The van der Waals surface area contributed by atoms with Crippen molar-refractivity contribution in [3.8, 4) is 5.75 Å². The van der Waals surface area contributed by atoms with E-state index in [0.29, 0.717) is 5.56 Å². The normalized spacial score (nSPS) is 12.5. The molecule has 0 spiro atoms. The van der Waals surface area contributed by atoms with Gasteiger partial charge >= 0.3 is 6.61 Å². The van der Waals surface area contributed by atoms with Gasteiger partial charge in [-0.3, -0.25) is 4.79 Å². The van der Waals surface area contributed by atoms with Gasteiger partial charge in [0.1, 0.15) is 5.75 Å². The number of carbonyl (C=O) groups is 1. The van der Waals surface area contributed by atoms with Gasteiger partial charge in [0.2, 0.25) is 0 Å². The summed E-state index contributed by atoms with van der Waals surface area (Å²) in [7, 11) is 0. The van der Waals surface area contributed by atoms with Crippen LogP contribution in [0.4, 0.5) is 8.78 Å². The van der Waals surface area contributed by atoms with Gasteiger partial charge in [0.05, 0.1) is 0 Å². The van der Waals surface area contributed by atoms with Crippen molar-refractivity contribution in [1.82, 2.24) is 0 Å². The summed E-state index contributed by atoms with van der Waals surface area (Å²) < 4.78 is 28.3. The molecule has 0 saturated carbocycles. The maximum absolute atomic E-state index is 12.2. The molecule has 0 saturated heterocycles. The number of rotatable bonds is 8. The third-order valence-electron chi connectivity index (χ3n) is 3.13. The second-order valence-corrected chi connectivity index (χ2v) is 4.51. The molecule has 106 valence electrons. The van der Waals surface area contributed by atoms with E-state index in [9.17, 15) is 13.6 Å². The second kappa shape index (κ2) is 7.87. The van der Waals surface area contributed by atoms with Crippen LogP contribution in [0.25, 0.3) is 0 Å². The van der Waals surface area contributed by atoms with Crippen LogP contribution in [0.1, 0.15) is 49.9 Å². The molecular formula is C15H20F2O2. The number of ketones is 1. The zero-order chi connectivity index (χ0) is 14.3. The fraction of sp³-hybridized carbons (Fsp3) is 0.533. The van der Waals surface area contributed by atoms with Crippen LogP contribution in [-0.2, 0) is 0 Å². The van der Waals surface area contributed by atoms with Crippen LogP contribution < -0.4 is 4.74 Å². The Morgan fingerprint density at radius 1 is 1.21 bits per heavy atom. The van der Waals surface area contributed by atoms with Crippen LogP contribution in [0.3, 0.4) is 0 Å². The Kier molecular flexibility index (Phi) is 6.46. The zero-order valence-electron chi connectivity index (χ0n) is 11.4. The van der Waals surface area contributed by atoms with E-state index in [0.717, 1.165) is 25.7 Å². The summed E-state index contributed by atoms with van der Waals surface area (Å²) in [6.45, 7) is 1.25. The number of Topliss-reactive ketones (excluding diaryl/α,β-unsaturated/α-hetero) is 1. The van der Waals surface area contributed by atoms with E-state index in [2.05, 4.69) is 11.7 Å². The molecule has 4 heteroatoms. The summed E-state index contributed by atoms with van der Waals surface area (Å²) in [4.78, 5) is 12.2. The van der Waals surface area contributed by atoms with E-state index < -0.39 is 6.61 Å². The largest absolute Gasteiger partial charge is 0.435 e. The minimum atomic E-state index is -2.84. The molecule has 0 N–H and O–H groups in total. The predicted octanol–water partition coefficient (Wildman–Crippen LogP) is 4.69. The van der Waals surface area contributed by atoms with Crippen molar-refractivity contribution in [2.24, 2.45) is 5.92 Å². The van der Waals surface area contributed by atoms with Crippen molar-refractivity contribution >= 4 is 5.78 Å². The molecule has 0 aliphatic carbocycles. The number of benzene rings is 1. The molecule has 19 heavy (non-hydrogen) atoms. The Balaban J connectivity index is 2.70. The van der Waals surface area contributed by atoms with Crippen molar-refractivity contribution in [2.45, 2.75) is 46.1 Å². The number of ether oxygens (including phenoxy) is 1. The molecule has 0 radical (unpaired) electrons. The molecule has 0 aromatic heterocycles. The van der Waals surface area contributed by atoms with Crippen molar-refractivity contribution < 1.29 is 18.3 Å². The van der Waals surface area contributed by atoms with Gasteiger partial charge in [0.25, 0.3) is 0 Å². The van der Waals surface area contributed by atoms with Gasteiger partial charge in [-0.05, 0) is 37.1 Å². The van der Waals surface area contributed by atoms with E-state index in [-0.39, 0.29) is 17.5 Å². The van der Waals surface area contributed by atoms with E-state index in [1.165, 1.54) is 12.1 Å². The summed E-state index contributed by atoms with van der Waals surface area (Å²) in [5.74, 6) is 0.175. The number of halogens is 2. The van der Waals surface area contributed by atoms with Crippen LogP contribution in [0.15, 0.2) is 24.3 Å². The highest BCUT2D eigenvalue weighted by Gasteiger charge is 2.17. The van der Waals surface area contributed by atoms with Crippen LogP contribution >= 0.6 is 0 Å². The van der Waals surface area contributed by atoms with E-state index in [1.807, 2.05) is 6.92 Å². The SMILES string of the molecule is CCCCC(CC)C(=O)c1ccc(OC(F)F)cc1. The topological polar surface area (TPSA) is 26.3 Å². The molecule has 1 rings (SSSR count). The number of alkyl halides is 2. The molecule has 0 fully saturated rings. The zero-order valence-corrected chi connectivity index (χ0v) is 11.4. The highest BCUT2D eigenvalue weighted by molar-refractivity contribution is 5.97. The molecule has 1 atom stereocenters. The fourth-order valence-electron chi connectivity index (χ4n) is 2.01. The van der Waals surface area contributed by atoms with Crippen LogP contribution in [-0.4, -0.2) is 12.4 Å². The third-order valence-corrected chi connectivity index (χ3v) is 3.13. The molecule has 0 amide bonds. The first-order chi connectivity index (χ1) is 9.08. The fourth-order valence-corrected chi connectivity index (χ4v) is 2.01. The van der Waals surface area contributed by atoms with Crippen molar-refractivity contribution in [3.05, 3.63) is 29.8 Å². The van der Waals surface area contributed by atoms with Gasteiger partial charge < -0.3 is 4.74 Å². The molecule has 1 aromatic carbocycles. The molecule has 0 bridgehead atoms. The first-order valence-electron chi connectivity index (χ1n) is 6.67. The van der Waals surface area contributed by atoms with Gasteiger partial charge in [-0.15, -0.1) is 0 Å². The maximum Gasteiger partial charge on any atom is 0.387 e. The first kappa shape index (κ1) is 15.6. The molecule has 1 aromatic rings. The molecular weight excluding hydrogens is 250 g/mol. The second-order valence-electron chi connectivity index (χ2n) is 4.51. The monoisotopic (exact) mass is 270 g/mol. The van der Waals surface area contributed by atoms with Crippen LogP contribution in [0, 0.1) is 5.92 Å². The Morgan fingerprint density at radius 2 is 1.84 bits per heavy atom. The van der Waals surface area contributed by atoms with Gasteiger partial charge in [0.15, 0.2) is 5.78 Å². The van der Waals surface area contributed by atoms with Crippen LogP contribution in [0.2, 0.25) is 0 Å². The Labute approximate surface area is 112 Å². The van der Waals surface area contributed by atoms with E-state index in [4.69, 9.17) is 0 Å². The quantitative estimate of drug-likeness (QED) is 0.641. The molecule has 0 aliphatic heterocycles. The average molecular weight is 270 g/mol. The lowest BCUT2D eigenvalue weighted by molar-refractivity contribution is -0.0498. The first-order valence-corrected chi connectivity index (χ1v) is 6.67. The Hall–Kier alpha value is -1.45. The van der Waals surface area contributed by atoms with E-state index >= 15 is 0 Å². The Morgan fingerprint density at radius 3 is 2.32 bits per heavy atom. The summed E-state index contributed by atoms with van der Waals surface area (Å²) in [5.41, 5.74) is 0.560. The smallest absolute Gasteiger partial charge is 0.387 e. The lowest BCUT2D eigenvalue weighted by Crippen LogP contribution is -2.14. The highest BCUT2D eigenvalue weighted by atomic mass is 19.3. The molecule has 0 aliphatic rings. The van der Waals surface area contributed by atoms with E-state index in [1.54, 1.807) is 12.1 Å². The van der Waals surface area contributed by atoms with Gasteiger partial charge in [-0.2, -0.15) is 8.78 Å². The van der Waals surface area contributed by atoms with Crippen LogP contribution in [0.5, 0.6) is 5.75 Å². The minimum Gasteiger partial charge on any atom is -0.435 e. The number of carbonyl (C=O) groups excluding carboxylic acids is 1. The van der Waals surface area contributed by atoms with Crippen molar-refractivity contribution in [1.29, 1.82) is 0 Å². The van der Waals surface area contributed by atoms with Crippen molar-refractivity contribution in [3.63, 3.8) is 0 Å². The molecule has 0 heterocycles. The number of unbranched alkanes of at least 4 members (excludes halogenated alkanes) is 1. The lowest BCUT2D eigenvalue weighted by Gasteiger charge is -2.13. The van der Waals surface area contributed by atoms with Gasteiger partial charge in [-0.1, -0.05) is 26.7 Å². The summed E-state index contributed by atoms with van der Waals surface area (Å²) in [5, 5.41) is 0. The predicted molar refractivity (Wildman–Crippen MR) is 70.7 cm³/mol. The molecule has 1 unspecified atom stereocenters. The lowest BCUT2D eigenvalue weighted by atomic mass is 9.91.